The van der Waals surface area contributed by atoms with Gasteiger partial charge in [0.05, 0.1) is 33.8 Å². The zero-order valence-electron chi connectivity index (χ0n) is 26.2. The lowest BCUT2D eigenvalue weighted by Gasteiger charge is -2.20. The van der Waals surface area contributed by atoms with E-state index < -0.39 is 0 Å². The summed E-state index contributed by atoms with van der Waals surface area (Å²) in [7, 11) is 0. The molecule has 0 N–H and O–H groups in total. The van der Waals surface area contributed by atoms with Gasteiger partial charge >= 0.3 is 0 Å². The number of rotatable bonds is 4. The number of hydrogen-bond donors (Lipinski definition) is 0. The molecule has 0 bridgehead atoms. The fourth-order valence-corrected chi connectivity index (χ4v) is 7.63. The summed E-state index contributed by atoms with van der Waals surface area (Å²) in [5.74, 6) is 1.91. The van der Waals surface area contributed by atoms with Crippen molar-refractivity contribution in [3.05, 3.63) is 163 Å². The van der Waals surface area contributed by atoms with Gasteiger partial charge in [0.15, 0.2) is 0 Å². The zero-order chi connectivity index (χ0) is 31.6. The molecule has 0 radical (unpaired) electrons. The van der Waals surface area contributed by atoms with E-state index in [1.165, 1.54) is 32.3 Å². The maximum absolute atomic E-state index is 5.27. The Bertz CT molecular complexity index is 2710. The third kappa shape index (κ3) is 4.02. The van der Waals surface area contributed by atoms with Gasteiger partial charge in [-0.25, -0.2) is 9.97 Å². The van der Waals surface area contributed by atoms with Crippen LogP contribution in [0.1, 0.15) is 17.8 Å². The molecule has 7 aromatic carbocycles. The van der Waals surface area contributed by atoms with Crippen LogP contribution in [0.25, 0.3) is 83.6 Å². The van der Waals surface area contributed by atoms with E-state index in [9.17, 15) is 0 Å². The number of allylic oxidation sites excluding steroid dienone is 1. The number of benzene rings is 7. The van der Waals surface area contributed by atoms with Gasteiger partial charge in [0.2, 0.25) is 0 Å². The van der Waals surface area contributed by atoms with Gasteiger partial charge in [-0.2, -0.15) is 0 Å². The first-order valence-corrected chi connectivity index (χ1v) is 16.6. The average molecular weight is 615 g/mol. The third-order valence-electron chi connectivity index (χ3n) is 9.74. The second-order valence-corrected chi connectivity index (χ2v) is 12.5. The molecule has 1 aliphatic rings. The van der Waals surface area contributed by atoms with Crippen molar-refractivity contribution in [2.75, 3.05) is 0 Å². The second-order valence-electron chi connectivity index (χ2n) is 12.5. The molecule has 0 aliphatic heterocycles. The van der Waals surface area contributed by atoms with Crippen LogP contribution < -0.4 is 0 Å². The number of para-hydroxylation sites is 2. The number of hydrogen-bond acceptors (Lipinski definition) is 2. The van der Waals surface area contributed by atoms with Crippen LogP contribution in [0, 0.1) is 0 Å². The van der Waals surface area contributed by atoms with E-state index in [0.717, 1.165) is 69.4 Å². The Morgan fingerprint density at radius 2 is 1.04 bits per heavy atom. The molecule has 0 fully saturated rings. The Kier molecular flexibility index (Phi) is 5.97. The highest BCUT2D eigenvalue weighted by Crippen LogP contribution is 2.42. The van der Waals surface area contributed by atoms with Crippen LogP contribution in [0.4, 0.5) is 0 Å². The van der Waals surface area contributed by atoms with Crippen LogP contribution in [0.5, 0.6) is 0 Å². The number of aromatic nitrogens is 4. The van der Waals surface area contributed by atoms with Crippen molar-refractivity contribution in [3.63, 3.8) is 0 Å². The smallest absolute Gasteiger partial charge is 0.145 e. The molecule has 1 aliphatic carbocycles. The minimum absolute atomic E-state index is 0.933. The normalized spacial score (nSPS) is 12.8. The molecule has 9 aromatic rings. The maximum Gasteiger partial charge on any atom is 0.145 e. The first-order chi connectivity index (χ1) is 23.8. The highest BCUT2D eigenvalue weighted by atomic mass is 15.1. The van der Waals surface area contributed by atoms with Crippen LogP contribution in [0.2, 0.25) is 0 Å². The Labute approximate surface area is 277 Å². The number of aryl methyl sites for hydroxylation is 1. The molecule has 2 aromatic heterocycles. The predicted molar refractivity (Wildman–Crippen MR) is 199 cm³/mol. The highest BCUT2D eigenvalue weighted by Gasteiger charge is 2.23. The monoisotopic (exact) mass is 614 g/mol. The van der Waals surface area contributed by atoms with Crippen molar-refractivity contribution < 1.29 is 0 Å². The van der Waals surface area contributed by atoms with Gasteiger partial charge in [-0.1, -0.05) is 127 Å². The quantitative estimate of drug-likeness (QED) is 0.185. The zero-order valence-corrected chi connectivity index (χ0v) is 26.2. The molecule has 10 rings (SSSR count). The summed E-state index contributed by atoms with van der Waals surface area (Å²) in [4.78, 5) is 10.5. The molecule has 48 heavy (non-hydrogen) atoms. The van der Waals surface area contributed by atoms with Crippen molar-refractivity contribution in [2.45, 2.75) is 12.8 Å². The lowest BCUT2D eigenvalue weighted by atomic mass is 9.93. The first-order valence-electron chi connectivity index (χ1n) is 16.6. The molecule has 0 amide bonds. The molecule has 226 valence electrons. The van der Waals surface area contributed by atoms with Gasteiger partial charge in [0.1, 0.15) is 11.6 Å². The molecule has 0 atom stereocenters. The summed E-state index contributed by atoms with van der Waals surface area (Å²) in [6.45, 7) is 0. The third-order valence-corrected chi connectivity index (χ3v) is 9.74. The van der Waals surface area contributed by atoms with Gasteiger partial charge in [-0.15, -0.1) is 0 Å². The molecule has 0 saturated heterocycles. The summed E-state index contributed by atoms with van der Waals surface area (Å²) < 4.78 is 4.73. The molecule has 0 spiro atoms. The summed E-state index contributed by atoms with van der Waals surface area (Å²) in [6, 6.07) is 52.0. The predicted octanol–water partition coefficient (Wildman–Crippen LogP) is 11.0. The number of imidazole rings is 2. The topological polar surface area (TPSA) is 35.6 Å². The number of nitrogens with zero attached hydrogens (tertiary/aromatic N) is 4. The molecular formula is C44H30N4. The molecule has 0 saturated carbocycles. The van der Waals surface area contributed by atoms with Crippen LogP contribution in [0.15, 0.2) is 152 Å². The molecule has 4 heteroatoms. The van der Waals surface area contributed by atoms with Crippen LogP contribution >= 0.6 is 0 Å². The Hall–Kier alpha value is -6.26. The SMILES string of the molecule is C1=Cc2c(nc(-c3ccccc3)n2-c2cc3cc(-n4c(-c5ccccc5)nc5ccccc54)c4ccccc4c3c3ccccc23)CC1. The van der Waals surface area contributed by atoms with E-state index in [-0.39, 0.29) is 0 Å². The molecule has 4 nitrogen and oxygen atoms in total. The highest BCUT2D eigenvalue weighted by molar-refractivity contribution is 6.24. The maximum atomic E-state index is 5.27. The van der Waals surface area contributed by atoms with E-state index in [2.05, 4.69) is 167 Å². The standard InChI is InChI=1S/C44H30N4/c1-3-15-29(16-4-1)43-45-36-23-11-13-25-38(36)47(43)40-27-31-28-41(33-20-8-10-22-35(33)42(31)34-21-9-7-19-32(34)40)48-39-26-14-12-24-37(39)46-44(48)30-17-5-2-6-18-30/h1-11,13-23,25-28H,12,24H2. The largest absolute Gasteiger partial charge is 0.292 e. The minimum atomic E-state index is 0.933. The van der Waals surface area contributed by atoms with Gasteiger partial charge in [0, 0.05) is 21.9 Å². The average Bonchev–Trinajstić information content (AvgIpc) is 3.74. The summed E-state index contributed by atoms with van der Waals surface area (Å²) >= 11 is 0. The fourth-order valence-electron chi connectivity index (χ4n) is 7.63. The molecule has 2 heterocycles. The lowest BCUT2D eigenvalue weighted by molar-refractivity contribution is 0.937. The van der Waals surface area contributed by atoms with Crippen LogP contribution in [-0.2, 0) is 6.42 Å². The lowest BCUT2D eigenvalue weighted by Crippen LogP contribution is -2.04. The molecule has 0 unspecified atom stereocenters. The van der Waals surface area contributed by atoms with E-state index >= 15 is 0 Å². The van der Waals surface area contributed by atoms with Gasteiger partial charge in [-0.3, -0.25) is 9.13 Å². The van der Waals surface area contributed by atoms with E-state index in [0.29, 0.717) is 0 Å². The van der Waals surface area contributed by atoms with Gasteiger partial charge in [-0.05, 0) is 64.7 Å². The Balaban J connectivity index is 1.35. The molecular weight excluding hydrogens is 585 g/mol. The van der Waals surface area contributed by atoms with E-state index in [1.54, 1.807) is 0 Å². The van der Waals surface area contributed by atoms with E-state index in [1.807, 2.05) is 0 Å². The number of fused-ring (bicyclic) bond motifs is 7. The van der Waals surface area contributed by atoms with Gasteiger partial charge < -0.3 is 0 Å². The fraction of sp³-hybridized carbons (Fsp3) is 0.0455. The Morgan fingerprint density at radius 3 is 1.71 bits per heavy atom. The second kappa shape index (κ2) is 10.6. The summed E-state index contributed by atoms with van der Waals surface area (Å²) in [5.41, 5.74) is 8.82. The van der Waals surface area contributed by atoms with E-state index in [4.69, 9.17) is 9.97 Å². The van der Waals surface area contributed by atoms with Crippen LogP contribution in [-0.4, -0.2) is 19.1 Å². The minimum Gasteiger partial charge on any atom is -0.292 e. The summed E-state index contributed by atoms with van der Waals surface area (Å²) in [6.07, 6.45) is 6.48. The first kappa shape index (κ1) is 26.9. The van der Waals surface area contributed by atoms with Crippen molar-refractivity contribution in [2.24, 2.45) is 0 Å². The Morgan fingerprint density at radius 1 is 0.500 bits per heavy atom. The van der Waals surface area contributed by atoms with Crippen molar-refractivity contribution in [1.82, 2.24) is 19.1 Å². The van der Waals surface area contributed by atoms with Crippen molar-refractivity contribution in [1.29, 1.82) is 0 Å². The summed E-state index contributed by atoms with van der Waals surface area (Å²) in [5, 5.41) is 7.28. The van der Waals surface area contributed by atoms with Crippen molar-refractivity contribution in [3.8, 4) is 34.2 Å². The van der Waals surface area contributed by atoms with Crippen molar-refractivity contribution >= 4 is 49.4 Å². The van der Waals surface area contributed by atoms with Crippen LogP contribution in [0.3, 0.4) is 0 Å². The van der Waals surface area contributed by atoms with Gasteiger partial charge in [0.25, 0.3) is 0 Å².